The molecule has 0 bridgehead atoms. The summed E-state index contributed by atoms with van der Waals surface area (Å²) in [7, 11) is -3.13. The van der Waals surface area contributed by atoms with Crippen molar-refractivity contribution in [2.45, 2.75) is 18.2 Å². The van der Waals surface area contributed by atoms with Crippen LogP contribution in [0.5, 0.6) is 0 Å². The normalized spacial score (nSPS) is 18.9. The van der Waals surface area contributed by atoms with E-state index in [0.717, 1.165) is 22.5 Å². The van der Waals surface area contributed by atoms with Gasteiger partial charge >= 0.3 is 0 Å². The first-order valence-corrected chi connectivity index (χ1v) is 10.8. The van der Waals surface area contributed by atoms with Gasteiger partial charge in [-0.25, -0.2) is 13.1 Å². The van der Waals surface area contributed by atoms with Crippen LogP contribution in [0.1, 0.15) is 18.4 Å². The Labute approximate surface area is 163 Å². The molecule has 1 atom stereocenters. The smallest absolute Gasteiger partial charge is 0.173 e. The quantitative estimate of drug-likeness (QED) is 0.619. The number of aromatic nitrogens is 2. The van der Waals surface area contributed by atoms with E-state index in [4.69, 9.17) is 16.7 Å². The minimum atomic E-state index is -3.13. The molecule has 3 aromatic rings. The third kappa shape index (κ3) is 3.82. The molecule has 0 spiro atoms. The molecule has 2 aromatic carbocycles. The molecule has 0 amide bonds. The van der Waals surface area contributed by atoms with E-state index in [0.29, 0.717) is 17.9 Å². The third-order valence-corrected chi connectivity index (χ3v) is 6.85. The Hall–Kier alpha value is -2.44. The minimum absolute atomic E-state index is 0.211. The number of para-hydroxylation sites is 1. The Kier molecular flexibility index (Phi) is 4.85. The maximum atomic E-state index is 12.1. The van der Waals surface area contributed by atoms with Crippen LogP contribution in [0.15, 0.2) is 65.8 Å². The molecule has 1 aromatic heterocycles. The fourth-order valence-electron chi connectivity index (χ4n) is 3.13. The summed E-state index contributed by atoms with van der Waals surface area (Å²) >= 11 is 6.00. The van der Waals surface area contributed by atoms with Crippen LogP contribution in [0.25, 0.3) is 16.9 Å². The Balaban J connectivity index is 1.76. The summed E-state index contributed by atoms with van der Waals surface area (Å²) in [6.07, 6.45) is 4.73. The monoisotopic (exact) mass is 399 g/mol. The molecular formula is C20H18ClN3O2S. The zero-order valence-electron chi connectivity index (χ0n) is 14.5. The molecule has 0 aliphatic carbocycles. The van der Waals surface area contributed by atoms with Gasteiger partial charge in [-0.05, 0) is 37.1 Å². The van der Waals surface area contributed by atoms with Crippen molar-refractivity contribution >= 4 is 27.7 Å². The summed E-state index contributed by atoms with van der Waals surface area (Å²) in [6.45, 7) is 0. The van der Waals surface area contributed by atoms with Crippen molar-refractivity contribution in [3.8, 4) is 16.9 Å². The summed E-state index contributed by atoms with van der Waals surface area (Å²) in [6, 6.07) is 17.1. The first kappa shape index (κ1) is 17.9. The summed E-state index contributed by atoms with van der Waals surface area (Å²) in [4.78, 5) is 4.36. The molecule has 0 radical (unpaired) electrons. The maximum absolute atomic E-state index is 12.1. The zero-order chi connectivity index (χ0) is 18.9. The van der Waals surface area contributed by atoms with Gasteiger partial charge in [0.05, 0.1) is 11.4 Å². The van der Waals surface area contributed by atoms with Gasteiger partial charge in [0.2, 0.25) is 0 Å². The Morgan fingerprint density at radius 1 is 1.11 bits per heavy atom. The molecule has 27 heavy (non-hydrogen) atoms. The van der Waals surface area contributed by atoms with Gasteiger partial charge in [-0.3, -0.25) is 4.99 Å². The largest absolute Gasteiger partial charge is 0.273 e. The van der Waals surface area contributed by atoms with E-state index >= 15 is 0 Å². The van der Waals surface area contributed by atoms with Crippen LogP contribution in [0.4, 0.5) is 0 Å². The number of halogens is 1. The van der Waals surface area contributed by atoms with Crippen molar-refractivity contribution in [1.29, 1.82) is 0 Å². The third-order valence-electron chi connectivity index (χ3n) is 4.56. The van der Waals surface area contributed by atoms with Gasteiger partial charge in [-0.15, -0.1) is 0 Å². The molecule has 1 saturated heterocycles. The molecule has 0 N–H and O–H groups in total. The first-order valence-electron chi connectivity index (χ1n) is 8.69. The van der Waals surface area contributed by atoms with E-state index in [1.807, 2.05) is 48.7 Å². The van der Waals surface area contributed by atoms with E-state index < -0.39 is 15.2 Å². The van der Waals surface area contributed by atoms with Gasteiger partial charge in [0, 0.05) is 28.6 Å². The second kappa shape index (κ2) is 7.29. The average Bonchev–Trinajstić information content (AvgIpc) is 3.24. The van der Waals surface area contributed by atoms with Crippen molar-refractivity contribution in [3.05, 3.63) is 71.4 Å². The van der Waals surface area contributed by atoms with Crippen molar-refractivity contribution in [3.63, 3.8) is 0 Å². The lowest BCUT2D eigenvalue weighted by atomic mass is 10.1. The van der Waals surface area contributed by atoms with E-state index in [1.165, 1.54) is 0 Å². The fraction of sp³-hybridized carbons (Fsp3) is 0.200. The molecule has 0 saturated carbocycles. The fourth-order valence-corrected chi connectivity index (χ4v) is 4.87. The number of nitrogens with zero attached hydrogens (tertiary/aromatic N) is 3. The first-order chi connectivity index (χ1) is 13.0. The topological polar surface area (TPSA) is 64.3 Å². The van der Waals surface area contributed by atoms with Crippen molar-refractivity contribution < 1.29 is 8.42 Å². The van der Waals surface area contributed by atoms with Gasteiger partial charge in [0.1, 0.15) is 5.69 Å². The van der Waals surface area contributed by atoms with Crippen LogP contribution in [-0.2, 0) is 9.84 Å². The lowest BCUT2D eigenvalue weighted by Crippen LogP contribution is -2.13. The predicted octanol–water partition coefficient (Wildman–Crippen LogP) is 4.15. The minimum Gasteiger partial charge on any atom is -0.273 e. The number of hydrogen-bond acceptors (Lipinski definition) is 4. The number of benzene rings is 2. The van der Waals surface area contributed by atoms with Gasteiger partial charge in [-0.1, -0.05) is 41.9 Å². The molecule has 1 fully saturated rings. The van der Waals surface area contributed by atoms with Crippen molar-refractivity contribution in [1.82, 2.24) is 9.78 Å². The highest BCUT2D eigenvalue weighted by molar-refractivity contribution is 7.92. The molecule has 7 heteroatoms. The second-order valence-corrected chi connectivity index (χ2v) is 9.18. The Bertz CT molecular complexity index is 1070. The van der Waals surface area contributed by atoms with E-state index in [-0.39, 0.29) is 5.75 Å². The lowest BCUT2D eigenvalue weighted by Gasteiger charge is -2.02. The summed E-state index contributed by atoms with van der Waals surface area (Å²) in [5.74, 6) is 0.211. The average molecular weight is 400 g/mol. The standard InChI is InChI=1S/C20H18ClN3O2S/c21-17-10-8-15(9-11-17)20-16(13-22-19-7-4-12-27(19,25)26)14-24(23-20)18-5-2-1-3-6-18/h1-3,5-6,8-11,13-14,19H,4,7,12H2/b22-13+. The number of hydrogen-bond donors (Lipinski definition) is 0. The van der Waals surface area contributed by atoms with Gasteiger partial charge in [0.25, 0.3) is 0 Å². The zero-order valence-corrected chi connectivity index (χ0v) is 16.1. The second-order valence-electron chi connectivity index (χ2n) is 6.46. The maximum Gasteiger partial charge on any atom is 0.173 e. The van der Waals surface area contributed by atoms with Crippen LogP contribution >= 0.6 is 11.6 Å². The highest BCUT2D eigenvalue weighted by Crippen LogP contribution is 2.26. The lowest BCUT2D eigenvalue weighted by molar-refractivity contribution is 0.591. The molecule has 1 aliphatic rings. The van der Waals surface area contributed by atoms with Crippen LogP contribution in [0.2, 0.25) is 5.02 Å². The number of rotatable bonds is 4. The molecule has 138 valence electrons. The van der Waals surface area contributed by atoms with E-state index in [2.05, 4.69) is 4.99 Å². The van der Waals surface area contributed by atoms with E-state index in [9.17, 15) is 8.42 Å². The van der Waals surface area contributed by atoms with Crippen LogP contribution < -0.4 is 0 Å². The molecule has 5 nitrogen and oxygen atoms in total. The molecule has 4 rings (SSSR count). The highest BCUT2D eigenvalue weighted by atomic mass is 35.5. The van der Waals surface area contributed by atoms with Crippen LogP contribution in [-0.4, -0.2) is 35.5 Å². The Morgan fingerprint density at radius 3 is 2.52 bits per heavy atom. The molecular weight excluding hydrogens is 382 g/mol. The summed E-state index contributed by atoms with van der Waals surface area (Å²) < 4.78 is 25.9. The summed E-state index contributed by atoms with van der Waals surface area (Å²) in [5.41, 5.74) is 3.31. The molecule has 2 heterocycles. The Morgan fingerprint density at radius 2 is 1.85 bits per heavy atom. The number of sulfone groups is 1. The molecule has 1 aliphatic heterocycles. The van der Waals surface area contributed by atoms with E-state index in [1.54, 1.807) is 23.0 Å². The summed E-state index contributed by atoms with van der Waals surface area (Å²) in [5, 5.41) is 4.68. The van der Waals surface area contributed by atoms with Crippen molar-refractivity contribution in [2.75, 3.05) is 5.75 Å². The highest BCUT2D eigenvalue weighted by Gasteiger charge is 2.30. The predicted molar refractivity (Wildman–Crippen MR) is 108 cm³/mol. The van der Waals surface area contributed by atoms with Crippen LogP contribution in [0, 0.1) is 0 Å². The molecule has 1 unspecified atom stereocenters. The SMILES string of the molecule is O=S1(=O)CCCC1/N=C/c1cn(-c2ccccc2)nc1-c1ccc(Cl)cc1. The van der Waals surface area contributed by atoms with Crippen LogP contribution in [0.3, 0.4) is 0 Å². The van der Waals surface area contributed by atoms with Crippen molar-refractivity contribution in [2.24, 2.45) is 4.99 Å². The van der Waals surface area contributed by atoms with Gasteiger partial charge in [0.15, 0.2) is 15.2 Å². The van der Waals surface area contributed by atoms with Gasteiger partial charge in [-0.2, -0.15) is 5.10 Å². The van der Waals surface area contributed by atoms with Gasteiger partial charge < -0.3 is 0 Å². The number of aliphatic imine (C=N–C) groups is 1.